The maximum absolute atomic E-state index is 11.8. The first kappa shape index (κ1) is 19.5. The monoisotopic (exact) mass is 372 g/mol. The molecule has 0 aliphatic heterocycles. The SMILES string of the molecule is CC(C)OCCCNC(=O)CSc1nnc(NC2CCCCC2)s1. The molecule has 1 saturated carbocycles. The van der Waals surface area contributed by atoms with Gasteiger partial charge < -0.3 is 15.4 Å². The molecular formula is C16H28N4O2S2. The van der Waals surface area contributed by atoms with Crippen molar-refractivity contribution in [3.63, 3.8) is 0 Å². The molecule has 0 atom stereocenters. The van der Waals surface area contributed by atoms with E-state index in [-0.39, 0.29) is 12.0 Å². The highest BCUT2D eigenvalue weighted by Crippen LogP contribution is 2.28. The molecule has 0 unspecified atom stereocenters. The number of nitrogens with one attached hydrogen (secondary N) is 2. The minimum absolute atomic E-state index is 0.0292. The molecule has 0 bridgehead atoms. The first-order valence-electron chi connectivity index (χ1n) is 8.74. The summed E-state index contributed by atoms with van der Waals surface area (Å²) in [5.41, 5.74) is 0. The second-order valence-electron chi connectivity index (χ2n) is 6.26. The van der Waals surface area contributed by atoms with Gasteiger partial charge in [-0.05, 0) is 33.1 Å². The quantitative estimate of drug-likeness (QED) is 0.485. The molecule has 136 valence electrons. The summed E-state index contributed by atoms with van der Waals surface area (Å²) in [5.74, 6) is 0.407. The predicted molar refractivity (Wildman–Crippen MR) is 99.8 cm³/mol. The van der Waals surface area contributed by atoms with Crippen molar-refractivity contribution in [2.24, 2.45) is 0 Å². The first-order valence-corrected chi connectivity index (χ1v) is 10.5. The fraction of sp³-hybridized carbons (Fsp3) is 0.812. The van der Waals surface area contributed by atoms with E-state index in [1.54, 1.807) is 0 Å². The van der Waals surface area contributed by atoms with Crippen LogP contribution in [0.15, 0.2) is 4.34 Å². The van der Waals surface area contributed by atoms with Crippen LogP contribution in [0.5, 0.6) is 0 Å². The van der Waals surface area contributed by atoms with Crippen LogP contribution < -0.4 is 10.6 Å². The van der Waals surface area contributed by atoms with Crippen LogP contribution in [0.1, 0.15) is 52.4 Å². The number of hydrogen-bond donors (Lipinski definition) is 2. The van der Waals surface area contributed by atoms with Gasteiger partial charge in [-0.2, -0.15) is 0 Å². The van der Waals surface area contributed by atoms with Crippen LogP contribution in [-0.4, -0.2) is 47.2 Å². The minimum atomic E-state index is 0.0292. The topological polar surface area (TPSA) is 76.1 Å². The summed E-state index contributed by atoms with van der Waals surface area (Å²) in [7, 11) is 0. The number of aromatic nitrogens is 2. The fourth-order valence-electron chi connectivity index (χ4n) is 2.55. The van der Waals surface area contributed by atoms with Crippen molar-refractivity contribution in [1.82, 2.24) is 15.5 Å². The van der Waals surface area contributed by atoms with Crippen molar-refractivity contribution in [3.05, 3.63) is 0 Å². The minimum Gasteiger partial charge on any atom is -0.379 e. The molecule has 0 aromatic carbocycles. The Labute approximate surface area is 152 Å². The summed E-state index contributed by atoms with van der Waals surface area (Å²) >= 11 is 2.98. The fourth-order valence-corrected chi connectivity index (χ4v) is 4.20. The van der Waals surface area contributed by atoms with Gasteiger partial charge in [0.25, 0.3) is 0 Å². The van der Waals surface area contributed by atoms with Crippen molar-refractivity contribution >= 4 is 34.1 Å². The molecular weight excluding hydrogens is 344 g/mol. The molecule has 1 aromatic rings. The van der Waals surface area contributed by atoms with Crippen LogP contribution in [0.3, 0.4) is 0 Å². The predicted octanol–water partition coefficient (Wildman–Crippen LogP) is 3.31. The average Bonchev–Trinajstić information content (AvgIpc) is 3.01. The standard InChI is InChI=1S/C16H28N4O2S2/c1-12(2)22-10-6-9-17-14(21)11-23-16-20-19-15(24-16)18-13-7-4-3-5-8-13/h12-13H,3-11H2,1-2H3,(H,17,21)(H,18,19). The van der Waals surface area contributed by atoms with Gasteiger partial charge in [0.15, 0.2) is 4.34 Å². The van der Waals surface area contributed by atoms with E-state index in [4.69, 9.17) is 4.74 Å². The second-order valence-corrected chi connectivity index (χ2v) is 8.46. The van der Waals surface area contributed by atoms with E-state index < -0.39 is 0 Å². The van der Waals surface area contributed by atoms with Crippen molar-refractivity contribution in [1.29, 1.82) is 0 Å². The van der Waals surface area contributed by atoms with Gasteiger partial charge in [0.2, 0.25) is 11.0 Å². The smallest absolute Gasteiger partial charge is 0.230 e. The molecule has 8 heteroatoms. The number of hydrogen-bond acceptors (Lipinski definition) is 7. The summed E-state index contributed by atoms with van der Waals surface area (Å²) in [6.07, 6.45) is 7.43. The van der Waals surface area contributed by atoms with E-state index in [1.807, 2.05) is 13.8 Å². The lowest BCUT2D eigenvalue weighted by Crippen LogP contribution is -2.27. The van der Waals surface area contributed by atoms with Gasteiger partial charge in [0.05, 0.1) is 11.9 Å². The lowest BCUT2D eigenvalue weighted by Gasteiger charge is -2.21. The Morgan fingerprint density at radius 1 is 1.33 bits per heavy atom. The Morgan fingerprint density at radius 2 is 2.12 bits per heavy atom. The third-order valence-corrected chi connectivity index (χ3v) is 5.75. The zero-order valence-electron chi connectivity index (χ0n) is 14.5. The first-order chi connectivity index (χ1) is 11.6. The number of ether oxygens (including phenoxy) is 1. The van der Waals surface area contributed by atoms with Crippen LogP contribution in [0, 0.1) is 0 Å². The molecule has 24 heavy (non-hydrogen) atoms. The second kappa shape index (κ2) is 10.9. The molecule has 0 saturated heterocycles. The van der Waals surface area contributed by atoms with Crippen molar-refractivity contribution in [3.8, 4) is 0 Å². The molecule has 2 N–H and O–H groups in total. The van der Waals surface area contributed by atoms with Gasteiger partial charge in [-0.15, -0.1) is 10.2 Å². The molecule has 0 spiro atoms. The van der Waals surface area contributed by atoms with Gasteiger partial charge in [-0.3, -0.25) is 4.79 Å². The molecule has 1 aromatic heterocycles. The Morgan fingerprint density at radius 3 is 2.88 bits per heavy atom. The molecule has 1 aliphatic rings. The van der Waals surface area contributed by atoms with E-state index in [9.17, 15) is 4.79 Å². The normalized spacial score (nSPS) is 15.6. The highest BCUT2D eigenvalue weighted by Gasteiger charge is 2.15. The lowest BCUT2D eigenvalue weighted by atomic mass is 9.96. The van der Waals surface area contributed by atoms with Crippen LogP contribution >= 0.6 is 23.1 Å². The van der Waals surface area contributed by atoms with E-state index in [2.05, 4.69) is 20.8 Å². The third-order valence-electron chi connectivity index (χ3n) is 3.76. The Hall–Kier alpha value is -0.860. The number of rotatable bonds is 10. The number of carbonyl (C=O) groups excluding carboxylic acids is 1. The van der Waals surface area contributed by atoms with Crippen LogP contribution in [0.25, 0.3) is 0 Å². The van der Waals surface area contributed by atoms with Gasteiger partial charge >= 0.3 is 0 Å². The van der Waals surface area contributed by atoms with Crippen LogP contribution in [0.4, 0.5) is 5.13 Å². The molecule has 0 radical (unpaired) electrons. The van der Waals surface area contributed by atoms with Gasteiger partial charge in [0.1, 0.15) is 0 Å². The van der Waals surface area contributed by atoms with Crippen molar-refractivity contribution in [2.45, 2.75) is 68.9 Å². The van der Waals surface area contributed by atoms with Crippen LogP contribution in [-0.2, 0) is 9.53 Å². The summed E-state index contributed by atoms with van der Waals surface area (Å²) in [5, 5.41) is 15.6. The number of amides is 1. The van der Waals surface area contributed by atoms with E-state index in [0.717, 1.165) is 15.9 Å². The Bertz CT molecular complexity index is 490. The highest BCUT2D eigenvalue weighted by atomic mass is 32.2. The van der Waals surface area contributed by atoms with Gasteiger partial charge in [0, 0.05) is 19.2 Å². The van der Waals surface area contributed by atoms with Gasteiger partial charge in [-0.1, -0.05) is 42.4 Å². The van der Waals surface area contributed by atoms with E-state index in [0.29, 0.717) is 24.9 Å². The summed E-state index contributed by atoms with van der Waals surface area (Å²) in [4.78, 5) is 11.8. The zero-order chi connectivity index (χ0) is 17.2. The summed E-state index contributed by atoms with van der Waals surface area (Å²) in [6.45, 7) is 5.34. The van der Waals surface area contributed by atoms with Crippen LogP contribution in [0.2, 0.25) is 0 Å². The highest BCUT2D eigenvalue weighted by molar-refractivity contribution is 8.01. The summed E-state index contributed by atoms with van der Waals surface area (Å²) < 4.78 is 6.28. The molecule has 2 rings (SSSR count). The molecule has 6 nitrogen and oxygen atoms in total. The Balaban J connectivity index is 1.59. The maximum Gasteiger partial charge on any atom is 0.230 e. The molecule has 1 amide bonds. The van der Waals surface area contributed by atoms with Crippen molar-refractivity contribution < 1.29 is 9.53 Å². The van der Waals surface area contributed by atoms with E-state index in [1.165, 1.54) is 55.2 Å². The third kappa shape index (κ3) is 7.81. The lowest BCUT2D eigenvalue weighted by molar-refractivity contribution is -0.118. The number of carbonyl (C=O) groups is 1. The van der Waals surface area contributed by atoms with Crippen molar-refractivity contribution in [2.75, 3.05) is 24.2 Å². The maximum atomic E-state index is 11.8. The molecule has 1 heterocycles. The Kier molecular flexibility index (Phi) is 8.83. The number of anilines is 1. The van der Waals surface area contributed by atoms with E-state index >= 15 is 0 Å². The van der Waals surface area contributed by atoms with Gasteiger partial charge in [-0.25, -0.2) is 0 Å². The average molecular weight is 373 g/mol. The largest absolute Gasteiger partial charge is 0.379 e. The molecule has 1 fully saturated rings. The zero-order valence-corrected chi connectivity index (χ0v) is 16.2. The number of thioether (sulfide) groups is 1. The summed E-state index contributed by atoms with van der Waals surface area (Å²) in [6, 6.07) is 0.529. The molecule has 1 aliphatic carbocycles. The number of nitrogens with zero attached hydrogens (tertiary/aromatic N) is 2.